The molecular weight excluding hydrogens is 519 g/mol. The number of amides is 1. The number of halogens is 3. The van der Waals surface area contributed by atoms with Crippen LogP contribution in [-0.4, -0.2) is 59.2 Å². The van der Waals surface area contributed by atoms with Crippen LogP contribution in [0.2, 0.25) is 23.2 Å². The van der Waals surface area contributed by atoms with Crippen LogP contribution in [0.5, 0.6) is 0 Å². The molecule has 0 aromatic heterocycles. The molecule has 0 N–H and O–H groups in total. The molecule has 1 heterocycles. The lowest BCUT2D eigenvalue weighted by atomic mass is 9.97. The predicted molar refractivity (Wildman–Crippen MR) is 129 cm³/mol. The summed E-state index contributed by atoms with van der Waals surface area (Å²) in [5.41, 5.74) is -5.44. The molecule has 8 nitrogen and oxygen atoms in total. The van der Waals surface area contributed by atoms with Crippen LogP contribution in [0.15, 0.2) is 41.7 Å². The van der Waals surface area contributed by atoms with E-state index in [9.17, 15) is 31.2 Å². The van der Waals surface area contributed by atoms with Crippen molar-refractivity contribution < 1.29 is 44.8 Å². The monoisotopic (exact) mass is 551 g/mol. The third kappa shape index (κ3) is 5.71. The number of hydrogen-bond acceptors (Lipinski definition) is 7. The molecule has 202 valence electrons. The number of rotatable bonds is 9. The first-order valence-electron chi connectivity index (χ1n) is 11.5. The lowest BCUT2D eigenvalue weighted by Gasteiger charge is -2.51. The van der Waals surface area contributed by atoms with Crippen molar-refractivity contribution in [1.29, 1.82) is 0 Å². The number of esters is 1. The van der Waals surface area contributed by atoms with Crippen LogP contribution in [0.3, 0.4) is 0 Å². The summed E-state index contributed by atoms with van der Waals surface area (Å²) < 4.78 is 79.1. The molecule has 13 heteroatoms. The third-order valence-corrected chi connectivity index (χ3v) is 14.9. The molecule has 1 unspecified atom stereocenters. The minimum atomic E-state index is -6.09. The molecule has 0 radical (unpaired) electrons. The first kappa shape index (κ1) is 29.7. The van der Waals surface area contributed by atoms with Gasteiger partial charge >= 0.3 is 27.7 Å². The maximum atomic E-state index is 13.3. The van der Waals surface area contributed by atoms with Gasteiger partial charge in [-0.1, -0.05) is 76.2 Å². The molecule has 1 aliphatic rings. The van der Waals surface area contributed by atoms with Gasteiger partial charge in [0.1, 0.15) is 12.4 Å². The van der Waals surface area contributed by atoms with Gasteiger partial charge in [0.2, 0.25) is 0 Å². The number of ether oxygens (including phenoxy) is 2. The normalized spacial score (nSPS) is 19.2. The van der Waals surface area contributed by atoms with Crippen LogP contribution in [0.1, 0.15) is 33.3 Å². The number of carbonyl (C=O) groups excluding carboxylic acids is 2. The van der Waals surface area contributed by atoms with E-state index >= 15 is 0 Å². The second-order valence-electron chi connectivity index (χ2n) is 8.85. The molecule has 2 rings (SSSR count). The molecule has 0 spiro atoms. The van der Waals surface area contributed by atoms with Crippen LogP contribution in [0.25, 0.3) is 0 Å². The average molecular weight is 552 g/mol. The van der Waals surface area contributed by atoms with E-state index in [0.29, 0.717) is 23.7 Å². The molecule has 1 aromatic rings. The van der Waals surface area contributed by atoms with Crippen molar-refractivity contribution in [2.45, 2.75) is 63.0 Å². The largest absolute Gasteiger partial charge is 0.534 e. The summed E-state index contributed by atoms with van der Waals surface area (Å²) in [6.45, 7) is 6.40. The lowest BCUT2D eigenvalue weighted by Crippen LogP contribution is -2.57. The summed E-state index contributed by atoms with van der Waals surface area (Å²) in [5.74, 6) is -1.68. The van der Waals surface area contributed by atoms with E-state index in [-0.39, 0.29) is 13.2 Å². The summed E-state index contributed by atoms with van der Waals surface area (Å²) >= 11 is 0. The Morgan fingerprint density at radius 2 is 1.64 bits per heavy atom. The fourth-order valence-electron chi connectivity index (χ4n) is 4.95. The Morgan fingerprint density at radius 3 is 2.11 bits per heavy atom. The van der Waals surface area contributed by atoms with Crippen LogP contribution in [0.4, 0.5) is 18.0 Å². The first-order chi connectivity index (χ1) is 16.7. The quantitative estimate of drug-likeness (QED) is 0.180. The standard InChI is InChI=1S/C23H32F3NO7SSi/c1-6-36(7-2,8-3)22(4)16-27(21(29)33-15-17-12-10-9-11-13-17)14-18(20(28)32-5)19(22)34-35(30,31)23(24,25)26/h9-13H,6-8,14-16H2,1-5H3. The third-order valence-electron chi connectivity index (χ3n) is 7.20. The zero-order chi connectivity index (χ0) is 27.4. The summed E-state index contributed by atoms with van der Waals surface area (Å²) in [4.78, 5) is 27.0. The van der Waals surface area contributed by atoms with Gasteiger partial charge in [-0.05, 0) is 5.56 Å². The van der Waals surface area contributed by atoms with Gasteiger partial charge in [0.25, 0.3) is 0 Å². The van der Waals surface area contributed by atoms with Gasteiger partial charge < -0.3 is 18.6 Å². The fraction of sp³-hybridized carbons (Fsp3) is 0.565. The van der Waals surface area contributed by atoms with E-state index in [1.54, 1.807) is 37.3 Å². The summed E-state index contributed by atoms with van der Waals surface area (Å²) in [6, 6.07) is 10.5. The minimum Gasteiger partial charge on any atom is -0.466 e. The van der Waals surface area contributed by atoms with E-state index < -0.39 is 58.7 Å². The van der Waals surface area contributed by atoms with Crippen LogP contribution >= 0.6 is 0 Å². The minimum absolute atomic E-state index is 0.0616. The second kappa shape index (κ2) is 11.2. The molecular formula is C23H32F3NO7SSi. The Balaban J connectivity index is 2.65. The van der Waals surface area contributed by atoms with Crippen LogP contribution in [0, 0.1) is 0 Å². The van der Waals surface area contributed by atoms with Gasteiger partial charge in [0, 0.05) is 11.6 Å². The summed E-state index contributed by atoms with van der Waals surface area (Å²) in [5, 5.41) is -1.36. The van der Waals surface area contributed by atoms with Crippen molar-refractivity contribution in [3.8, 4) is 0 Å². The van der Waals surface area contributed by atoms with E-state index in [1.165, 1.54) is 4.90 Å². The SMILES string of the molecule is CC[Si](CC)(CC)C1(C)CN(C(=O)OCc2ccccc2)CC(C(=O)OC)=C1OS(=O)(=O)C(F)(F)F. The highest BCUT2D eigenvalue weighted by molar-refractivity contribution is 7.87. The van der Waals surface area contributed by atoms with Gasteiger partial charge in [0.15, 0.2) is 0 Å². The highest BCUT2D eigenvalue weighted by Crippen LogP contribution is 2.55. The molecule has 1 atom stereocenters. The first-order valence-corrected chi connectivity index (χ1v) is 15.5. The van der Waals surface area contributed by atoms with Gasteiger partial charge in [0.05, 0.1) is 27.3 Å². The van der Waals surface area contributed by atoms with Crippen molar-refractivity contribution >= 4 is 30.3 Å². The van der Waals surface area contributed by atoms with Gasteiger partial charge in [-0.2, -0.15) is 21.6 Å². The Kier molecular flexibility index (Phi) is 9.27. The molecule has 1 amide bonds. The Bertz CT molecular complexity index is 1080. The topological polar surface area (TPSA) is 99.2 Å². The van der Waals surface area contributed by atoms with Crippen molar-refractivity contribution in [3.63, 3.8) is 0 Å². The number of benzene rings is 1. The van der Waals surface area contributed by atoms with Crippen LogP contribution in [-0.2, 0) is 35.2 Å². The Labute approximate surface area is 210 Å². The molecule has 0 aliphatic carbocycles. The number of alkyl halides is 3. The van der Waals surface area contributed by atoms with Crippen molar-refractivity contribution in [2.24, 2.45) is 0 Å². The summed E-state index contributed by atoms with van der Waals surface area (Å²) in [6.07, 6.45) is -0.796. The van der Waals surface area contributed by atoms with Gasteiger partial charge in [-0.25, -0.2) is 9.59 Å². The maximum Gasteiger partial charge on any atom is 0.534 e. The highest BCUT2D eigenvalue weighted by atomic mass is 32.2. The zero-order valence-electron chi connectivity index (χ0n) is 21.0. The molecule has 36 heavy (non-hydrogen) atoms. The molecule has 1 aliphatic heterocycles. The molecule has 0 saturated carbocycles. The van der Waals surface area contributed by atoms with E-state index in [2.05, 4.69) is 0 Å². The lowest BCUT2D eigenvalue weighted by molar-refractivity contribution is -0.136. The van der Waals surface area contributed by atoms with Gasteiger partial charge in [-0.15, -0.1) is 0 Å². The Morgan fingerprint density at radius 1 is 1.08 bits per heavy atom. The van der Waals surface area contributed by atoms with E-state index in [1.807, 2.05) is 20.8 Å². The molecule has 1 aromatic carbocycles. The van der Waals surface area contributed by atoms with E-state index in [4.69, 9.17) is 13.7 Å². The number of carbonyl (C=O) groups is 2. The van der Waals surface area contributed by atoms with Gasteiger partial charge in [-0.3, -0.25) is 0 Å². The number of methoxy groups -OCH3 is 1. The Hall–Kier alpha value is -2.54. The smallest absolute Gasteiger partial charge is 0.466 e. The number of hydrogen-bond donors (Lipinski definition) is 0. The molecule has 0 saturated heterocycles. The van der Waals surface area contributed by atoms with Crippen LogP contribution < -0.4 is 0 Å². The van der Waals surface area contributed by atoms with Crippen molar-refractivity contribution in [3.05, 3.63) is 47.2 Å². The van der Waals surface area contributed by atoms with Crippen molar-refractivity contribution in [1.82, 2.24) is 4.90 Å². The molecule has 0 bridgehead atoms. The number of nitrogens with zero attached hydrogens (tertiary/aromatic N) is 1. The second-order valence-corrected chi connectivity index (χ2v) is 16.2. The highest BCUT2D eigenvalue weighted by Gasteiger charge is 2.59. The maximum absolute atomic E-state index is 13.3. The van der Waals surface area contributed by atoms with E-state index in [0.717, 1.165) is 7.11 Å². The molecule has 0 fully saturated rings. The zero-order valence-corrected chi connectivity index (χ0v) is 22.8. The predicted octanol–water partition coefficient (Wildman–Crippen LogP) is 5.20. The summed E-state index contributed by atoms with van der Waals surface area (Å²) in [7, 11) is -7.79. The van der Waals surface area contributed by atoms with Crippen molar-refractivity contribution in [2.75, 3.05) is 20.2 Å². The average Bonchev–Trinajstić information content (AvgIpc) is 2.84. The fourth-order valence-corrected chi connectivity index (χ4v) is 10.7.